The van der Waals surface area contributed by atoms with Crippen molar-refractivity contribution in [2.24, 2.45) is 5.92 Å². The van der Waals surface area contributed by atoms with E-state index in [-0.39, 0.29) is 5.41 Å². The normalized spacial score (nSPS) is 23.2. The van der Waals surface area contributed by atoms with Crippen LogP contribution in [0, 0.1) is 5.92 Å². The Morgan fingerprint density at radius 2 is 1.95 bits per heavy atom. The second-order valence-corrected chi connectivity index (χ2v) is 6.12. The third kappa shape index (κ3) is 2.44. The zero-order valence-corrected chi connectivity index (χ0v) is 11.9. The number of hydrogen-bond donors (Lipinski definition) is 1. The molecule has 2 heterocycles. The van der Waals surface area contributed by atoms with Crippen LogP contribution in [0.4, 0.5) is 0 Å². The molecule has 0 bridgehead atoms. The smallest absolute Gasteiger partial charge is 0.161 e. The third-order valence-corrected chi connectivity index (χ3v) is 4.60. The van der Waals surface area contributed by atoms with Crippen LogP contribution in [0.25, 0.3) is 0 Å². The van der Waals surface area contributed by atoms with Crippen molar-refractivity contribution in [2.75, 3.05) is 26.3 Å². The molecule has 1 aromatic rings. The second kappa shape index (κ2) is 5.04. The molecule has 2 aliphatic rings. The predicted molar refractivity (Wildman–Crippen MR) is 76.1 cm³/mol. The zero-order valence-electron chi connectivity index (χ0n) is 11.9. The molecule has 3 rings (SSSR count). The molecular weight excluding hydrogens is 238 g/mol. The van der Waals surface area contributed by atoms with Gasteiger partial charge in [0.15, 0.2) is 11.5 Å². The third-order valence-electron chi connectivity index (χ3n) is 4.60. The van der Waals surface area contributed by atoms with Gasteiger partial charge in [0.05, 0.1) is 0 Å². The lowest BCUT2D eigenvalue weighted by Crippen LogP contribution is -2.40. The number of rotatable bonds is 2. The van der Waals surface area contributed by atoms with Crippen LogP contribution in [-0.2, 0) is 5.41 Å². The SMILES string of the molecule is CC(C)(c1ccc2c(c1)OCCO2)C1CCCNC1. The van der Waals surface area contributed by atoms with Crippen molar-refractivity contribution in [3.8, 4) is 11.5 Å². The number of ether oxygens (including phenoxy) is 2. The van der Waals surface area contributed by atoms with Gasteiger partial charge in [-0.05, 0) is 55.0 Å². The average molecular weight is 261 g/mol. The van der Waals surface area contributed by atoms with Gasteiger partial charge in [-0.3, -0.25) is 0 Å². The minimum absolute atomic E-state index is 0.170. The summed E-state index contributed by atoms with van der Waals surface area (Å²) in [5.74, 6) is 2.47. The van der Waals surface area contributed by atoms with Crippen molar-refractivity contribution < 1.29 is 9.47 Å². The average Bonchev–Trinajstić information content (AvgIpc) is 2.47. The lowest BCUT2D eigenvalue weighted by molar-refractivity contribution is 0.170. The summed E-state index contributed by atoms with van der Waals surface area (Å²) in [6.45, 7) is 8.27. The summed E-state index contributed by atoms with van der Waals surface area (Å²) < 4.78 is 11.3. The Morgan fingerprint density at radius 3 is 2.68 bits per heavy atom. The van der Waals surface area contributed by atoms with Gasteiger partial charge < -0.3 is 14.8 Å². The van der Waals surface area contributed by atoms with Crippen LogP contribution in [-0.4, -0.2) is 26.3 Å². The van der Waals surface area contributed by atoms with E-state index in [9.17, 15) is 0 Å². The highest BCUT2D eigenvalue weighted by Gasteiger charge is 2.33. The molecule has 0 aliphatic carbocycles. The van der Waals surface area contributed by atoms with E-state index < -0.39 is 0 Å². The van der Waals surface area contributed by atoms with Crippen LogP contribution in [0.1, 0.15) is 32.3 Å². The van der Waals surface area contributed by atoms with Crippen molar-refractivity contribution in [1.82, 2.24) is 5.32 Å². The van der Waals surface area contributed by atoms with Crippen molar-refractivity contribution in [3.63, 3.8) is 0 Å². The molecule has 19 heavy (non-hydrogen) atoms. The van der Waals surface area contributed by atoms with E-state index in [0.717, 1.165) is 24.6 Å². The Balaban J connectivity index is 1.87. The van der Waals surface area contributed by atoms with E-state index in [4.69, 9.17) is 9.47 Å². The molecule has 1 fully saturated rings. The van der Waals surface area contributed by atoms with E-state index in [0.29, 0.717) is 19.1 Å². The number of piperidine rings is 1. The lowest BCUT2D eigenvalue weighted by atomic mass is 9.70. The molecule has 2 aliphatic heterocycles. The molecule has 0 radical (unpaired) electrons. The number of benzene rings is 1. The Labute approximate surface area is 115 Å². The highest BCUT2D eigenvalue weighted by molar-refractivity contribution is 5.46. The monoisotopic (exact) mass is 261 g/mol. The summed E-state index contributed by atoms with van der Waals surface area (Å²) in [5.41, 5.74) is 1.52. The van der Waals surface area contributed by atoms with Crippen LogP contribution in [0.15, 0.2) is 18.2 Å². The summed E-state index contributed by atoms with van der Waals surface area (Å²) in [7, 11) is 0. The molecule has 1 N–H and O–H groups in total. The fourth-order valence-corrected chi connectivity index (χ4v) is 3.15. The molecule has 0 spiro atoms. The highest BCUT2D eigenvalue weighted by atomic mass is 16.6. The molecule has 1 atom stereocenters. The maximum atomic E-state index is 5.71. The van der Waals surface area contributed by atoms with Crippen LogP contribution in [0.5, 0.6) is 11.5 Å². The first-order chi connectivity index (χ1) is 9.18. The molecule has 3 nitrogen and oxygen atoms in total. The quantitative estimate of drug-likeness (QED) is 0.888. The topological polar surface area (TPSA) is 30.5 Å². The summed E-state index contributed by atoms with van der Waals surface area (Å²) >= 11 is 0. The maximum Gasteiger partial charge on any atom is 0.161 e. The molecule has 0 saturated carbocycles. The van der Waals surface area contributed by atoms with E-state index >= 15 is 0 Å². The minimum atomic E-state index is 0.170. The number of hydrogen-bond acceptors (Lipinski definition) is 3. The first kappa shape index (κ1) is 12.8. The molecule has 0 amide bonds. The van der Waals surface area contributed by atoms with E-state index in [1.165, 1.54) is 18.4 Å². The molecule has 104 valence electrons. The van der Waals surface area contributed by atoms with Gasteiger partial charge >= 0.3 is 0 Å². The van der Waals surface area contributed by atoms with E-state index in [1.54, 1.807) is 0 Å². The van der Waals surface area contributed by atoms with Gasteiger partial charge in [0.1, 0.15) is 13.2 Å². The van der Waals surface area contributed by atoms with Gasteiger partial charge in [0.2, 0.25) is 0 Å². The zero-order chi connectivity index (χ0) is 13.3. The van der Waals surface area contributed by atoms with Crippen molar-refractivity contribution in [2.45, 2.75) is 32.1 Å². The highest BCUT2D eigenvalue weighted by Crippen LogP contribution is 2.40. The Kier molecular flexibility index (Phi) is 3.40. The molecular formula is C16H23NO2. The van der Waals surface area contributed by atoms with Gasteiger partial charge in [0.25, 0.3) is 0 Å². The largest absolute Gasteiger partial charge is 0.486 e. The molecule has 3 heteroatoms. The second-order valence-electron chi connectivity index (χ2n) is 6.12. The van der Waals surface area contributed by atoms with Crippen molar-refractivity contribution >= 4 is 0 Å². The summed E-state index contributed by atoms with van der Waals surface area (Å²) in [5, 5.41) is 3.52. The van der Waals surface area contributed by atoms with E-state index in [1.807, 2.05) is 0 Å². The molecule has 0 aromatic heterocycles. The van der Waals surface area contributed by atoms with Gasteiger partial charge in [-0.1, -0.05) is 19.9 Å². The van der Waals surface area contributed by atoms with Gasteiger partial charge in [-0.15, -0.1) is 0 Å². The van der Waals surface area contributed by atoms with Gasteiger partial charge in [0, 0.05) is 0 Å². The minimum Gasteiger partial charge on any atom is -0.486 e. The fraction of sp³-hybridized carbons (Fsp3) is 0.625. The summed E-state index contributed by atoms with van der Waals surface area (Å²) in [4.78, 5) is 0. The molecule has 1 aromatic carbocycles. The van der Waals surface area contributed by atoms with Crippen LogP contribution in [0.2, 0.25) is 0 Å². The van der Waals surface area contributed by atoms with Gasteiger partial charge in [-0.2, -0.15) is 0 Å². The van der Waals surface area contributed by atoms with Crippen molar-refractivity contribution in [1.29, 1.82) is 0 Å². The van der Waals surface area contributed by atoms with E-state index in [2.05, 4.69) is 37.4 Å². The molecule has 1 saturated heterocycles. The van der Waals surface area contributed by atoms with Crippen molar-refractivity contribution in [3.05, 3.63) is 23.8 Å². The van der Waals surface area contributed by atoms with Crippen LogP contribution < -0.4 is 14.8 Å². The predicted octanol–water partition coefficient (Wildman–Crippen LogP) is 2.74. The Morgan fingerprint density at radius 1 is 1.16 bits per heavy atom. The Hall–Kier alpha value is -1.22. The maximum absolute atomic E-state index is 5.71. The summed E-state index contributed by atoms with van der Waals surface area (Å²) in [6.07, 6.45) is 2.58. The summed E-state index contributed by atoms with van der Waals surface area (Å²) in [6, 6.07) is 6.42. The Bertz CT molecular complexity index is 450. The lowest BCUT2D eigenvalue weighted by Gasteiger charge is -2.38. The van der Waals surface area contributed by atoms with Crippen LogP contribution >= 0.6 is 0 Å². The fourth-order valence-electron chi connectivity index (χ4n) is 3.15. The first-order valence-corrected chi connectivity index (χ1v) is 7.29. The number of nitrogens with one attached hydrogen (secondary N) is 1. The standard InChI is InChI=1S/C16H23NO2/c1-16(2,13-4-3-7-17-11-13)12-5-6-14-15(10-12)19-9-8-18-14/h5-6,10,13,17H,3-4,7-9,11H2,1-2H3. The number of fused-ring (bicyclic) bond motifs is 1. The van der Waals surface area contributed by atoms with Crippen LogP contribution in [0.3, 0.4) is 0 Å². The van der Waals surface area contributed by atoms with Gasteiger partial charge in [-0.25, -0.2) is 0 Å². The first-order valence-electron chi connectivity index (χ1n) is 7.29. The molecule has 1 unspecified atom stereocenters.